The molecule has 0 unspecified atom stereocenters. The summed E-state index contributed by atoms with van der Waals surface area (Å²) in [5, 5.41) is 0. The number of hydrogen-bond acceptors (Lipinski definition) is 3. The summed E-state index contributed by atoms with van der Waals surface area (Å²) in [6, 6.07) is 8.63. The first kappa shape index (κ1) is 11.2. The first-order valence-electron chi connectivity index (χ1n) is 4.55. The minimum absolute atomic E-state index is 0.145. The van der Waals surface area contributed by atoms with Crippen LogP contribution in [0.4, 0.5) is 0 Å². The van der Waals surface area contributed by atoms with Gasteiger partial charge in [0.1, 0.15) is 5.76 Å². The summed E-state index contributed by atoms with van der Waals surface area (Å²) in [4.78, 5) is 22.2. The number of esters is 1. The Morgan fingerprint density at radius 3 is 2.27 bits per heavy atom. The van der Waals surface area contributed by atoms with E-state index in [-0.39, 0.29) is 5.78 Å². The molecule has 0 N–H and O–H groups in total. The maximum Gasteiger partial charge on any atom is 0.343 e. The van der Waals surface area contributed by atoms with Gasteiger partial charge in [-0.1, -0.05) is 18.2 Å². The molecule has 0 fully saturated rings. The van der Waals surface area contributed by atoms with Crippen molar-refractivity contribution in [1.29, 1.82) is 0 Å². The van der Waals surface area contributed by atoms with E-state index in [1.807, 2.05) is 6.07 Å². The number of carbonyl (C=O) groups is 2. The van der Waals surface area contributed by atoms with Gasteiger partial charge in [-0.3, -0.25) is 4.79 Å². The van der Waals surface area contributed by atoms with Crippen LogP contribution in [0.3, 0.4) is 0 Å². The smallest absolute Gasteiger partial charge is 0.343 e. The molecule has 0 heterocycles. The first-order valence-corrected chi connectivity index (χ1v) is 4.55. The molecule has 1 aromatic carbocycles. The van der Waals surface area contributed by atoms with Gasteiger partial charge in [-0.05, 0) is 26.0 Å². The zero-order valence-electron chi connectivity index (χ0n) is 8.69. The van der Waals surface area contributed by atoms with Crippen LogP contribution in [0.1, 0.15) is 24.2 Å². The van der Waals surface area contributed by atoms with Gasteiger partial charge in [0.2, 0.25) is 0 Å². The molecular weight excluding hydrogens is 192 g/mol. The average Bonchev–Trinajstić information content (AvgIpc) is 2.17. The standard InChI is InChI=1S/C12H12O3/c1-9(13)8-10(2)15-12(14)11-6-4-3-5-7-11/h3-8H,1-2H3/b10-8-. The van der Waals surface area contributed by atoms with Gasteiger partial charge in [0.05, 0.1) is 5.56 Å². The third-order valence-electron chi connectivity index (χ3n) is 1.67. The molecule has 3 heteroatoms. The van der Waals surface area contributed by atoms with Crippen LogP contribution in [0, 0.1) is 0 Å². The van der Waals surface area contributed by atoms with Crippen molar-refractivity contribution in [2.24, 2.45) is 0 Å². The maximum atomic E-state index is 11.5. The Balaban J connectivity index is 2.69. The summed E-state index contributed by atoms with van der Waals surface area (Å²) in [7, 11) is 0. The van der Waals surface area contributed by atoms with Gasteiger partial charge in [-0.25, -0.2) is 4.79 Å². The lowest BCUT2D eigenvalue weighted by molar-refractivity contribution is -0.112. The highest BCUT2D eigenvalue weighted by Gasteiger charge is 2.06. The summed E-state index contributed by atoms with van der Waals surface area (Å²) < 4.78 is 4.95. The Morgan fingerprint density at radius 1 is 1.13 bits per heavy atom. The van der Waals surface area contributed by atoms with Gasteiger partial charge in [-0.2, -0.15) is 0 Å². The molecule has 0 saturated carbocycles. The molecular formula is C12H12O3. The van der Waals surface area contributed by atoms with Crippen molar-refractivity contribution < 1.29 is 14.3 Å². The van der Waals surface area contributed by atoms with Crippen molar-refractivity contribution in [3.8, 4) is 0 Å². The van der Waals surface area contributed by atoms with E-state index >= 15 is 0 Å². The Kier molecular flexibility index (Phi) is 3.80. The molecule has 0 atom stereocenters. The van der Waals surface area contributed by atoms with Crippen molar-refractivity contribution in [2.45, 2.75) is 13.8 Å². The summed E-state index contributed by atoms with van der Waals surface area (Å²) in [6.45, 7) is 2.97. The molecule has 0 bridgehead atoms. The Bertz CT molecular complexity index is 391. The summed E-state index contributed by atoms with van der Waals surface area (Å²) in [5.41, 5.74) is 0.466. The normalized spacial score (nSPS) is 10.9. The van der Waals surface area contributed by atoms with E-state index < -0.39 is 5.97 Å². The van der Waals surface area contributed by atoms with Crippen molar-refractivity contribution in [1.82, 2.24) is 0 Å². The summed E-state index contributed by atoms with van der Waals surface area (Å²) in [5.74, 6) is -0.296. The van der Waals surface area contributed by atoms with Crippen LogP contribution in [-0.4, -0.2) is 11.8 Å². The van der Waals surface area contributed by atoms with E-state index in [9.17, 15) is 9.59 Å². The van der Waals surface area contributed by atoms with Gasteiger partial charge in [0.25, 0.3) is 0 Å². The fourth-order valence-electron chi connectivity index (χ4n) is 1.10. The summed E-state index contributed by atoms with van der Waals surface area (Å²) >= 11 is 0. The molecule has 0 spiro atoms. The monoisotopic (exact) mass is 204 g/mol. The first-order chi connectivity index (χ1) is 7.09. The minimum atomic E-state index is -0.453. The fourth-order valence-corrected chi connectivity index (χ4v) is 1.10. The molecule has 0 amide bonds. The molecule has 3 nitrogen and oxygen atoms in total. The lowest BCUT2D eigenvalue weighted by Gasteiger charge is -2.03. The molecule has 78 valence electrons. The Labute approximate surface area is 88.4 Å². The van der Waals surface area contributed by atoms with Crippen molar-refractivity contribution in [3.63, 3.8) is 0 Å². The third kappa shape index (κ3) is 3.77. The topological polar surface area (TPSA) is 43.4 Å². The Hall–Kier alpha value is -1.90. The van der Waals surface area contributed by atoms with Crippen molar-refractivity contribution in [2.75, 3.05) is 0 Å². The van der Waals surface area contributed by atoms with Crippen molar-refractivity contribution >= 4 is 11.8 Å². The zero-order chi connectivity index (χ0) is 11.3. The molecule has 15 heavy (non-hydrogen) atoms. The quantitative estimate of drug-likeness (QED) is 0.431. The van der Waals surface area contributed by atoms with Crippen LogP contribution in [0.15, 0.2) is 42.2 Å². The van der Waals surface area contributed by atoms with Crippen LogP contribution in [-0.2, 0) is 9.53 Å². The number of benzene rings is 1. The highest BCUT2D eigenvalue weighted by molar-refractivity contribution is 5.91. The molecule has 0 radical (unpaired) electrons. The lowest BCUT2D eigenvalue weighted by atomic mass is 10.2. The molecule has 0 aliphatic carbocycles. The van der Waals surface area contributed by atoms with Gasteiger partial charge in [-0.15, -0.1) is 0 Å². The van der Waals surface area contributed by atoms with Crippen LogP contribution < -0.4 is 0 Å². The van der Waals surface area contributed by atoms with Crippen LogP contribution >= 0.6 is 0 Å². The van der Waals surface area contributed by atoms with Gasteiger partial charge >= 0.3 is 5.97 Å². The number of rotatable bonds is 3. The van der Waals surface area contributed by atoms with E-state index in [0.29, 0.717) is 11.3 Å². The fraction of sp³-hybridized carbons (Fsp3) is 0.167. The molecule has 0 aliphatic heterocycles. The maximum absolute atomic E-state index is 11.5. The highest BCUT2D eigenvalue weighted by Crippen LogP contribution is 2.05. The van der Waals surface area contributed by atoms with Gasteiger partial charge < -0.3 is 4.74 Å². The number of allylic oxidation sites excluding steroid dienone is 2. The van der Waals surface area contributed by atoms with E-state index in [1.54, 1.807) is 31.2 Å². The molecule has 1 aromatic rings. The van der Waals surface area contributed by atoms with Crippen LogP contribution in [0.25, 0.3) is 0 Å². The minimum Gasteiger partial charge on any atom is -0.428 e. The SMILES string of the molecule is CC(=O)/C=C(/C)OC(=O)c1ccccc1. The summed E-state index contributed by atoms with van der Waals surface area (Å²) in [6.07, 6.45) is 1.28. The molecule has 0 saturated heterocycles. The Morgan fingerprint density at radius 2 is 1.73 bits per heavy atom. The largest absolute Gasteiger partial charge is 0.428 e. The zero-order valence-corrected chi connectivity index (χ0v) is 8.69. The van der Waals surface area contributed by atoms with Gasteiger partial charge in [0, 0.05) is 6.08 Å². The van der Waals surface area contributed by atoms with Crippen LogP contribution in [0.2, 0.25) is 0 Å². The molecule has 0 aromatic heterocycles. The number of carbonyl (C=O) groups excluding carboxylic acids is 2. The average molecular weight is 204 g/mol. The highest BCUT2D eigenvalue weighted by atomic mass is 16.5. The second kappa shape index (κ2) is 5.10. The second-order valence-electron chi connectivity index (χ2n) is 3.12. The number of ether oxygens (including phenoxy) is 1. The molecule has 1 rings (SSSR count). The number of ketones is 1. The third-order valence-corrected chi connectivity index (χ3v) is 1.67. The predicted molar refractivity (Wildman–Crippen MR) is 56.3 cm³/mol. The van der Waals surface area contributed by atoms with E-state index in [0.717, 1.165) is 0 Å². The molecule has 0 aliphatic rings. The van der Waals surface area contributed by atoms with Crippen LogP contribution in [0.5, 0.6) is 0 Å². The predicted octanol–water partition coefficient (Wildman–Crippen LogP) is 2.34. The van der Waals surface area contributed by atoms with Crippen molar-refractivity contribution in [3.05, 3.63) is 47.7 Å². The van der Waals surface area contributed by atoms with E-state index in [2.05, 4.69) is 0 Å². The number of hydrogen-bond donors (Lipinski definition) is 0. The van der Waals surface area contributed by atoms with Gasteiger partial charge in [0.15, 0.2) is 5.78 Å². The van der Waals surface area contributed by atoms with E-state index in [1.165, 1.54) is 13.0 Å². The second-order valence-corrected chi connectivity index (χ2v) is 3.12. The lowest BCUT2D eigenvalue weighted by Crippen LogP contribution is -2.04. The van der Waals surface area contributed by atoms with E-state index in [4.69, 9.17) is 4.74 Å².